The SMILES string of the molecule is CC(CC(=O)N1CCSC(C)C1C)C1CCCNC1. The minimum absolute atomic E-state index is 0.373. The second-order valence-corrected chi connectivity index (χ2v) is 7.68. The zero-order chi connectivity index (χ0) is 13.8. The molecule has 2 aliphatic rings. The van der Waals surface area contributed by atoms with Gasteiger partial charge in [-0.15, -0.1) is 0 Å². The van der Waals surface area contributed by atoms with Crippen molar-refractivity contribution in [2.75, 3.05) is 25.4 Å². The summed E-state index contributed by atoms with van der Waals surface area (Å²) in [5.74, 6) is 2.66. The van der Waals surface area contributed by atoms with E-state index in [0.29, 0.717) is 29.0 Å². The van der Waals surface area contributed by atoms with Gasteiger partial charge in [-0.25, -0.2) is 0 Å². The third-order valence-corrected chi connectivity index (χ3v) is 6.18. The van der Waals surface area contributed by atoms with Gasteiger partial charge in [-0.1, -0.05) is 13.8 Å². The summed E-state index contributed by atoms with van der Waals surface area (Å²) < 4.78 is 0. The van der Waals surface area contributed by atoms with Gasteiger partial charge in [-0.05, 0) is 44.7 Å². The molecule has 2 rings (SSSR count). The van der Waals surface area contributed by atoms with Crippen LogP contribution in [0.3, 0.4) is 0 Å². The van der Waals surface area contributed by atoms with Crippen molar-refractivity contribution >= 4 is 17.7 Å². The fourth-order valence-corrected chi connectivity index (χ4v) is 4.31. The number of thioether (sulfide) groups is 1. The Hall–Kier alpha value is -0.220. The number of amides is 1. The number of rotatable bonds is 3. The molecule has 4 unspecified atom stereocenters. The molecule has 110 valence electrons. The van der Waals surface area contributed by atoms with Gasteiger partial charge in [0.1, 0.15) is 0 Å². The Kier molecular flexibility index (Phi) is 5.58. The van der Waals surface area contributed by atoms with E-state index in [1.807, 2.05) is 11.8 Å². The Morgan fingerprint density at radius 2 is 2.26 bits per heavy atom. The molecule has 1 N–H and O–H groups in total. The second kappa shape index (κ2) is 6.98. The second-order valence-electron chi connectivity index (χ2n) is 6.19. The standard InChI is InChI=1S/C15H28N2OS/c1-11(14-5-4-6-16-10-14)9-15(18)17-7-8-19-13(3)12(17)2/h11-14,16H,4-10H2,1-3H3. The van der Waals surface area contributed by atoms with Crippen LogP contribution in [0.25, 0.3) is 0 Å². The summed E-state index contributed by atoms with van der Waals surface area (Å²) in [6.45, 7) is 9.86. The molecule has 0 aromatic heterocycles. The van der Waals surface area contributed by atoms with Crippen LogP contribution in [0.1, 0.15) is 40.0 Å². The summed E-state index contributed by atoms with van der Waals surface area (Å²) in [7, 11) is 0. The molecule has 0 spiro atoms. The van der Waals surface area contributed by atoms with Crippen molar-refractivity contribution < 1.29 is 4.79 Å². The average molecular weight is 284 g/mol. The van der Waals surface area contributed by atoms with E-state index >= 15 is 0 Å². The van der Waals surface area contributed by atoms with Crippen molar-refractivity contribution in [2.24, 2.45) is 11.8 Å². The van der Waals surface area contributed by atoms with Crippen LogP contribution in [0.5, 0.6) is 0 Å². The number of nitrogens with zero attached hydrogens (tertiary/aromatic N) is 1. The number of carbonyl (C=O) groups is 1. The van der Waals surface area contributed by atoms with Gasteiger partial charge in [0.15, 0.2) is 0 Å². The molecule has 0 saturated carbocycles. The number of hydrogen-bond acceptors (Lipinski definition) is 3. The Morgan fingerprint density at radius 1 is 1.47 bits per heavy atom. The molecule has 1 amide bonds. The van der Waals surface area contributed by atoms with E-state index in [2.05, 4.69) is 31.0 Å². The van der Waals surface area contributed by atoms with Gasteiger partial charge in [0.2, 0.25) is 5.91 Å². The lowest BCUT2D eigenvalue weighted by Crippen LogP contribution is -2.48. The van der Waals surface area contributed by atoms with Crippen LogP contribution in [-0.2, 0) is 4.79 Å². The van der Waals surface area contributed by atoms with Crippen LogP contribution in [-0.4, -0.2) is 47.5 Å². The van der Waals surface area contributed by atoms with Crippen LogP contribution in [0.2, 0.25) is 0 Å². The van der Waals surface area contributed by atoms with Crippen molar-refractivity contribution in [1.82, 2.24) is 10.2 Å². The highest BCUT2D eigenvalue weighted by atomic mass is 32.2. The maximum Gasteiger partial charge on any atom is 0.223 e. The van der Waals surface area contributed by atoms with E-state index < -0.39 is 0 Å². The van der Waals surface area contributed by atoms with E-state index in [4.69, 9.17) is 0 Å². The van der Waals surface area contributed by atoms with Crippen LogP contribution in [0.15, 0.2) is 0 Å². The number of carbonyl (C=O) groups excluding carboxylic acids is 1. The van der Waals surface area contributed by atoms with E-state index in [1.54, 1.807) is 0 Å². The summed E-state index contributed by atoms with van der Waals surface area (Å²) in [6.07, 6.45) is 3.27. The molecule has 3 nitrogen and oxygen atoms in total. The minimum atomic E-state index is 0.373. The van der Waals surface area contributed by atoms with Crippen molar-refractivity contribution in [3.05, 3.63) is 0 Å². The average Bonchev–Trinajstić information content (AvgIpc) is 2.42. The first-order valence-electron chi connectivity index (χ1n) is 7.71. The molecule has 2 fully saturated rings. The molecular formula is C15H28N2OS. The van der Waals surface area contributed by atoms with Gasteiger partial charge in [0.05, 0.1) is 0 Å². The zero-order valence-corrected chi connectivity index (χ0v) is 13.3. The summed E-state index contributed by atoms with van der Waals surface area (Å²) in [6, 6.07) is 0.392. The van der Waals surface area contributed by atoms with Gasteiger partial charge >= 0.3 is 0 Å². The van der Waals surface area contributed by atoms with Crippen LogP contribution in [0, 0.1) is 11.8 Å². The summed E-state index contributed by atoms with van der Waals surface area (Å²) in [4.78, 5) is 14.6. The fourth-order valence-electron chi connectivity index (χ4n) is 3.21. The third kappa shape index (κ3) is 3.88. The predicted molar refractivity (Wildman–Crippen MR) is 82.5 cm³/mol. The Bertz CT molecular complexity index is 305. The summed E-state index contributed by atoms with van der Waals surface area (Å²) >= 11 is 1.99. The molecule has 0 aromatic rings. The monoisotopic (exact) mass is 284 g/mol. The number of nitrogens with one attached hydrogen (secondary N) is 1. The van der Waals surface area contributed by atoms with Crippen molar-refractivity contribution in [3.8, 4) is 0 Å². The smallest absolute Gasteiger partial charge is 0.223 e. The molecule has 0 aromatic carbocycles. The number of hydrogen-bond donors (Lipinski definition) is 1. The highest BCUT2D eigenvalue weighted by Gasteiger charge is 2.30. The molecule has 2 aliphatic heterocycles. The van der Waals surface area contributed by atoms with E-state index in [0.717, 1.165) is 31.8 Å². The highest BCUT2D eigenvalue weighted by molar-refractivity contribution is 8.00. The van der Waals surface area contributed by atoms with Gasteiger partial charge in [-0.3, -0.25) is 4.79 Å². The summed E-state index contributed by atoms with van der Waals surface area (Å²) in [5, 5.41) is 4.03. The van der Waals surface area contributed by atoms with Gasteiger partial charge < -0.3 is 10.2 Å². The molecule has 19 heavy (non-hydrogen) atoms. The lowest BCUT2D eigenvalue weighted by atomic mass is 9.85. The molecule has 4 atom stereocenters. The van der Waals surface area contributed by atoms with Crippen molar-refractivity contribution in [2.45, 2.75) is 51.3 Å². The first-order valence-corrected chi connectivity index (χ1v) is 8.76. The molecule has 2 saturated heterocycles. The molecule has 4 heteroatoms. The van der Waals surface area contributed by atoms with Crippen molar-refractivity contribution in [1.29, 1.82) is 0 Å². The van der Waals surface area contributed by atoms with Crippen LogP contribution in [0.4, 0.5) is 0 Å². The summed E-state index contributed by atoms with van der Waals surface area (Å²) in [5.41, 5.74) is 0. The Balaban J connectivity index is 1.85. The molecule has 0 bridgehead atoms. The lowest BCUT2D eigenvalue weighted by molar-refractivity contribution is -0.134. The van der Waals surface area contributed by atoms with Crippen LogP contribution < -0.4 is 5.32 Å². The first-order chi connectivity index (χ1) is 9.09. The van der Waals surface area contributed by atoms with Crippen LogP contribution >= 0.6 is 11.8 Å². The Morgan fingerprint density at radius 3 is 2.95 bits per heavy atom. The molecule has 0 aliphatic carbocycles. The van der Waals surface area contributed by atoms with E-state index in [-0.39, 0.29) is 0 Å². The van der Waals surface area contributed by atoms with E-state index in [9.17, 15) is 4.79 Å². The highest BCUT2D eigenvalue weighted by Crippen LogP contribution is 2.27. The molecule has 0 radical (unpaired) electrons. The first kappa shape index (κ1) is 15.2. The van der Waals surface area contributed by atoms with Gasteiger partial charge in [-0.2, -0.15) is 11.8 Å². The van der Waals surface area contributed by atoms with Gasteiger partial charge in [0.25, 0.3) is 0 Å². The molecule has 2 heterocycles. The third-order valence-electron chi connectivity index (χ3n) is 4.84. The zero-order valence-electron chi connectivity index (χ0n) is 12.5. The molecular weight excluding hydrogens is 256 g/mol. The number of piperidine rings is 1. The quantitative estimate of drug-likeness (QED) is 0.863. The largest absolute Gasteiger partial charge is 0.338 e. The maximum absolute atomic E-state index is 12.5. The minimum Gasteiger partial charge on any atom is -0.338 e. The van der Waals surface area contributed by atoms with Crippen molar-refractivity contribution in [3.63, 3.8) is 0 Å². The predicted octanol–water partition coefficient (Wildman–Crippen LogP) is 2.36. The maximum atomic E-state index is 12.5. The normalized spacial score (nSPS) is 34.1. The Labute approximate surface area is 121 Å². The van der Waals surface area contributed by atoms with E-state index in [1.165, 1.54) is 12.8 Å². The topological polar surface area (TPSA) is 32.3 Å². The van der Waals surface area contributed by atoms with Gasteiger partial charge in [0, 0.05) is 30.0 Å². The lowest BCUT2D eigenvalue weighted by Gasteiger charge is -2.38. The fraction of sp³-hybridized carbons (Fsp3) is 0.933.